The zero-order valence-corrected chi connectivity index (χ0v) is 22.2. The molecule has 11 N–H and O–H groups in total. The molecule has 0 radical (unpaired) electrons. The molecule has 2 aromatic rings. The number of amides is 3. The molecule has 0 unspecified atom stereocenters. The van der Waals surface area contributed by atoms with Crippen LogP contribution in [0.25, 0.3) is 10.8 Å². The lowest BCUT2D eigenvalue weighted by atomic mass is 10.1. The van der Waals surface area contributed by atoms with Crippen LogP contribution in [0.5, 0.6) is 5.75 Å². The van der Waals surface area contributed by atoms with Gasteiger partial charge in [-0.15, -0.1) is 0 Å². The minimum atomic E-state index is -0.976. The van der Waals surface area contributed by atoms with Gasteiger partial charge in [0, 0.05) is 13.1 Å². The lowest BCUT2D eigenvalue weighted by Crippen LogP contribution is -2.50. The number of carbonyl (C=O) groups is 4. The number of ether oxygens (including phenoxy) is 1. The average Bonchev–Trinajstić information content (AvgIpc) is 2.93. The van der Waals surface area contributed by atoms with Crippen molar-refractivity contribution >= 4 is 46.7 Å². The van der Waals surface area contributed by atoms with Gasteiger partial charge in [0.1, 0.15) is 18.1 Å². The van der Waals surface area contributed by atoms with E-state index in [1.165, 1.54) is 0 Å². The summed E-state index contributed by atoms with van der Waals surface area (Å²) >= 11 is 0. The number of nitrogens with two attached hydrogens (primary N) is 4. The van der Waals surface area contributed by atoms with E-state index in [0.29, 0.717) is 37.8 Å². The quantitative estimate of drug-likeness (QED) is 0.0525. The van der Waals surface area contributed by atoms with Crippen molar-refractivity contribution in [2.45, 2.75) is 37.8 Å². The Bertz CT molecular complexity index is 1210. The van der Waals surface area contributed by atoms with E-state index in [1.54, 1.807) is 6.07 Å². The van der Waals surface area contributed by atoms with Gasteiger partial charge in [0.2, 0.25) is 11.8 Å². The second-order valence-corrected chi connectivity index (χ2v) is 8.84. The van der Waals surface area contributed by atoms with Crippen LogP contribution in [0.2, 0.25) is 0 Å². The van der Waals surface area contributed by atoms with Crippen molar-refractivity contribution in [1.82, 2.24) is 16.0 Å². The molecule has 0 bridgehead atoms. The number of guanidine groups is 2. The minimum absolute atomic E-state index is 0.0606. The number of hydrogen-bond acceptors (Lipinski definition) is 7. The lowest BCUT2D eigenvalue weighted by Gasteiger charge is -2.19. The molecule has 14 nitrogen and oxygen atoms in total. The number of nitrogens with one attached hydrogen (secondary N) is 3. The van der Waals surface area contributed by atoms with E-state index in [-0.39, 0.29) is 31.5 Å². The first-order chi connectivity index (χ1) is 19.2. The normalized spacial score (nSPS) is 11.9. The van der Waals surface area contributed by atoms with Crippen molar-refractivity contribution < 1.29 is 23.9 Å². The van der Waals surface area contributed by atoms with Gasteiger partial charge in [0.25, 0.3) is 5.91 Å². The first kappa shape index (κ1) is 31.3. The van der Waals surface area contributed by atoms with Crippen LogP contribution in [-0.4, -0.2) is 74.3 Å². The Balaban J connectivity index is 1.89. The highest BCUT2D eigenvalue weighted by molar-refractivity contribution is 5.91. The third kappa shape index (κ3) is 12.1. The summed E-state index contributed by atoms with van der Waals surface area (Å²) in [5.41, 5.74) is 21.2. The maximum atomic E-state index is 12.8. The van der Waals surface area contributed by atoms with Crippen LogP contribution >= 0.6 is 0 Å². The summed E-state index contributed by atoms with van der Waals surface area (Å²) in [6, 6.07) is 11.4. The summed E-state index contributed by atoms with van der Waals surface area (Å²) in [5.74, 6) is -1.33. The smallest absolute Gasteiger partial charge is 0.258 e. The Morgan fingerprint density at radius 1 is 0.850 bits per heavy atom. The Morgan fingerprint density at radius 3 is 2.15 bits per heavy atom. The van der Waals surface area contributed by atoms with Crippen LogP contribution in [0.15, 0.2) is 52.4 Å². The van der Waals surface area contributed by atoms with E-state index in [1.807, 2.05) is 36.4 Å². The van der Waals surface area contributed by atoms with Crippen molar-refractivity contribution in [2.24, 2.45) is 32.9 Å². The second kappa shape index (κ2) is 16.9. The summed E-state index contributed by atoms with van der Waals surface area (Å²) in [4.78, 5) is 56.7. The van der Waals surface area contributed by atoms with Crippen LogP contribution in [0.4, 0.5) is 0 Å². The van der Waals surface area contributed by atoms with Gasteiger partial charge < -0.3 is 48.4 Å². The molecule has 0 heterocycles. The van der Waals surface area contributed by atoms with Crippen molar-refractivity contribution in [2.75, 3.05) is 26.2 Å². The summed E-state index contributed by atoms with van der Waals surface area (Å²) in [6.45, 7) is -0.162. The monoisotopic (exact) mass is 555 g/mol. The molecule has 0 aliphatic heterocycles. The number of fused-ring (bicyclic) bond motifs is 1. The number of hydrogen-bond donors (Lipinski definition) is 7. The molecule has 3 amide bonds. The van der Waals surface area contributed by atoms with Crippen molar-refractivity contribution in [1.29, 1.82) is 0 Å². The molecule has 40 heavy (non-hydrogen) atoms. The van der Waals surface area contributed by atoms with Crippen molar-refractivity contribution in [3.8, 4) is 5.75 Å². The van der Waals surface area contributed by atoms with Gasteiger partial charge in [-0.2, -0.15) is 0 Å². The van der Waals surface area contributed by atoms with Crippen LogP contribution < -0.4 is 43.6 Å². The number of rotatable bonds is 17. The largest absolute Gasteiger partial charge is 0.484 e. The summed E-state index contributed by atoms with van der Waals surface area (Å²) < 4.78 is 5.60. The maximum Gasteiger partial charge on any atom is 0.258 e. The molecule has 0 aliphatic rings. The molecule has 0 spiro atoms. The predicted octanol–water partition coefficient (Wildman–Crippen LogP) is -1.39. The molecule has 0 aliphatic carbocycles. The molecule has 2 rings (SSSR count). The highest BCUT2D eigenvalue weighted by atomic mass is 16.5. The zero-order valence-electron chi connectivity index (χ0n) is 22.2. The maximum absolute atomic E-state index is 12.8. The van der Waals surface area contributed by atoms with Gasteiger partial charge in [-0.1, -0.05) is 30.3 Å². The molecule has 2 atom stereocenters. The van der Waals surface area contributed by atoms with Gasteiger partial charge >= 0.3 is 0 Å². The fraction of sp³-hybridized carbons (Fsp3) is 0.385. The van der Waals surface area contributed by atoms with Crippen LogP contribution in [0.3, 0.4) is 0 Å². The van der Waals surface area contributed by atoms with Gasteiger partial charge in [-0.25, -0.2) is 0 Å². The third-order valence-corrected chi connectivity index (χ3v) is 5.59. The Kier molecular flexibility index (Phi) is 13.2. The molecular formula is C26H37N9O5. The number of carbonyl (C=O) groups excluding carboxylic acids is 4. The fourth-order valence-corrected chi connectivity index (χ4v) is 3.66. The zero-order chi connectivity index (χ0) is 29.3. The van der Waals surface area contributed by atoms with Crippen LogP contribution in [0, 0.1) is 0 Å². The lowest BCUT2D eigenvalue weighted by molar-refractivity contribution is -0.131. The fourth-order valence-electron chi connectivity index (χ4n) is 3.66. The SMILES string of the molecule is NC(N)=NCCC[C@@H](C=O)NC(=O)CNC(=O)[C@@H](CCCN=C(N)N)NC(=O)COc1ccc2ccccc2c1. The summed E-state index contributed by atoms with van der Waals surface area (Å²) in [6.07, 6.45) is 1.97. The predicted molar refractivity (Wildman–Crippen MR) is 152 cm³/mol. The standard InChI is InChI=1S/C26H37N9O5/c27-25(28)31-11-3-7-19(15-36)34-22(37)14-33-24(39)21(8-4-12-32-26(29)30)35-23(38)16-40-20-10-9-17-5-1-2-6-18(17)13-20/h1-2,5-6,9-10,13,15,19,21H,3-4,7-8,11-12,14,16H2,(H,33,39)(H,34,37)(H,35,38)(H4,27,28,31)(H4,29,30,32)/t19-,21+/m0/s1. The van der Waals surface area contributed by atoms with E-state index in [2.05, 4.69) is 25.9 Å². The van der Waals surface area contributed by atoms with Crippen LogP contribution in [0.1, 0.15) is 25.7 Å². The van der Waals surface area contributed by atoms with Gasteiger partial charge in [0.15, 0.2) is 18.5 Å². The minimum Gasteiger partial charge on any atom is -0.484 e. The first-order valence-electron chi connectivity index (χ1n) is 12.7. The molecule has 216 valence electrons. The third-order valence-electron chi connectivity index (χ3n) is 5.59. The number of benzene rings is 2. The van der Waals surface area contributed by atoms with E-state index < -0.39 is 36.3 Å². The van der Waals surface area contributed by atoms with Crippen molar-refractivity contribution in [3.63, 3.8) is 0 Å². The number of aliphatic imine (C=N–C) groups is 2. The second-order valence-electron chi connectivity index (χ2n) is 8.84. The van der Waals surface area contributed by atoms with E-state index in [9.17, 15) is 19.2 Å². The summed E-state index contributed by atoms with van der Waals surface area (Å²) in [7, 11) is 0. The Hall–Kier alpha value is -4.88. The highest BCUT2D eigenvalue weighted by Gasteiger charge is 2.22. The molecule has 0 saturated carbocycles. The number of nitrogens with zero attached hydrogens (tertiary/aromatic N) is 2. The van der Waals surface area contributed by atoms with E-state index in [0.717, 1.165) is 10.8 Å². The molecule has 0 aromatic heterocycles. The van der Waals surface area contributed by atoms with Crippen LogP contribution in [-0.2, 0) is 19.2 Å². The van der Waals surface area contributed by atoms with E-state index >= 15 is 0 Å². The molecule has 0 saturated heterocycles. The molecular weight excluding hydrogens is 518 g/mol. The Labute approximate surface area is 232 Å². The van der Waals surface area contributed by atoms with Gasteiger partial charge in [-0.05, 0) is 48.6 Å². The molecule has 0 fully saturated rings. The van der Waals surface area contributed by atoms with Crippen molar-refractivity contribution in [3.05, 3.63) is 42.5 Å². The molecule has 2 aromatic carbocycles. The van der Waals surface area contributed by atoms with Gasteiger partial charge in [0.05, 0.1) is 12.6 Å². The number of aldehydes is 1. The van der Waals surface area contributed by atoms with Gasteiger partial charge in [-0.3, -0.25) is 24.4 Å². The first-order valence-corrected chi connectivity index (χ1v) is 12.7. The van der Waals surface area contributed by atoms with E-state index in [4.69, 9.17) is 27.7 Å². The summed E-state index contributed by atoms with van der Waals surface area (Å²) in [5, 5.41) is 9.62. The average molecular weight is 556 g/mol. The Morgan fingerprint density at radius 2 is 1.50 bits per heavy atom. The highest BCUT2D eigenvalue weighted by Crippen LogP contribution is 2.20. The topological polar surface area (TPSA) is 242 Å². The molecule has 14 heteroatoms.